The third-order valence-corrected chi connectivity index (χ3v) is 6.61. The molecule has 32 heavy (non-hydrogen) atoms. The van der Waals surface area contributed by atoms with Crippen LogP contribution in [0.25, 0.3) is 17.4 Å². The monoisotopic (exact) mass is 485 g/mol. The van der Waals surface area contributed by atoms with E-state index >= 15 is 0 Å². The van der Waals surface area contributed by atoms with Crippen LogP contribution in [-0.4, -0.2) is 24.2 Å². The van der Waals surface area contributed by atoms with Crippen LogP contribution in [0.1, 0.15) is 19.6 Å². The van der Waals surface area contributed by atoms with Crippen LogP contribution in [-0.2, 0) is 4.79 Å². The Balaban J connectivity index is 1.49. The SMILES string of the molecule is CCN(CC)c1ccc(N=C2NC(=O)C(=Cc3ccc(-c4ccc(Cl)c(Cl)c4)o3)S2)cc1. The van der Waals surface area contributed by atoms with Crippen LogP contribution in [0, 0.1) is 0 Å². The Kier molecular flexibility index (Phi) is 6.94. The first kappa shape index (κ1) is 22.5. The highest BCUT2D eigenvalue weighted by Gasteiger charge is 2.24. The van der Waals surface area contributed by atoms with Gasteiger partial charge in [-0.3, -0.25) is 4.79 Å². The largest absolute Gasteiger partial charge is 0.457 e. The van der Waals surface area contributed by atoms with Gasteiger partial charge >= 0.3 is 0 Å². The number of amidine groups is 1. The smallest absolute Gasteiger partial charge is 0.264 e. The molecule has 3 aromatic rings. The van der Waals surface area contributed by atoms with Gasteiger partial charge in [0.05, 0.1) is 20.6 Å². The van der Waals surface area contributed by atoms with Gasteiger partial charge in [-0.1, -0.05) is 23.2 Å². The van der Waals surface area contributed by atoms with Gasteiger partial charge in [-0.15, -0.1) is 0 Å². The first-order valence-corrected chi connectivity index (χ1v) is 11.7. The van der Waals surface area contributed by atoms with Crippen molar-refractivity contribution in [1.82, 2.24) is 5.32 Å². The Morgan fingerprint density at radius 1 is 1.03 bits per heavy atom. The van der Waals surface area contributed by atoms with E-state index in [1.165, 1.54) is 11.8 Å². The van der Waals surface area contributed by atoms with E-state index in [2.05, 4.69) is 29.1 Å². The summed E-state index contributed by atoms with van der Waals surface area (Å²) < 4.78 is 5.87. The second kappa shape index (κ2) is 9.86. The van der Waals surface area contributed by atoms with Crippen molar-refractivity contribution in [2.75, 3.05) is 18.0 Å². The van der Waals surface area contributed by atoms with E-state index in [0.717, 1.165) is 30.0 Å². The van der Waals surface area contributed by atoms with Crippen molar-refractivity contribution in [2.45, 2.75) is 13.8 Å². The van der Waals surface area contributed by atoms with Crippen molar-refractivity contribution in [3.05, 3.63) is 75.3 Å². The number of halogens is 2. The van der Waals surface area contributed by atoms with E-state index in [-0.39, 0.29) is 5.91 Å². The lowest BCUT2D eigenvalue weighted by Crippen LogP contribution is -2.21. The molecule has 0 saturated carbocycles. The van der Waals surface area contributed by atoms with Crippen LogP contribution in [0.5, 0.6) is 0 Å². The molecule has 8 heteroatoms. The number of amides is 1. The maximum absolute atomic E-state index is 12.4. The molecule has 5 nitrogen and oxygen atoms in total. The van der Waals surface area contributed by atoms with Crippen molar-refractivity contribution in [3.8, 4) is 11.3 Å². The summed E-state index contributed by atoms with van der Waals surface area (Å²) in [6.45, 7) is 6.15. The van der Waals surface area contributed by atoms with Gasteiger partial charge in [0, 0.05) is 30.4 Å². The van der Waals surface area contributed by atoms with Crippen molar-refractivity contribution in [1.29, 1.82) is 0 Å². The molecule has 0 atom stereocenters. The molecule has 0 unspecified atom stereocenters. The predicted octanol–water partition coefficient (Wildman–Crippen LogP) is 6.99. The van der Waals surface area contributed by atoms with E-state index < -0.39 is 0 Å². The average molecular weight is 486 g/mol. The number of thioether (sulfide) groups is 1. The number of carbonyl (C=O) groups is 1. The lowest BCUT2D eigenvalue weighted by atomic mass is 10.2. The summed E-state index contributed by atoms with van der Waals surface area (Å²) in [6, 6.07) is 16.9. The number of hydrogen-bond donors (Lipinski definition) is 1. The van der Waals surface area contributed by atoms with E-state index in [0.29, 0.717) is 31.6 Å². The fourth-order valence-corrected chi connectivity index (χ4v) is 4.41. The van der Waals surface area contributed by atoms with Crippen LogP contribution in [0.3, 0.4) is 0 Å². The number of benzene rings is 2. The van der Waals surface area contributed by atoms with Gasteiger partial charge < -0.3 is 14.6 Å². The van der Waals surface area contributed by atoms with Crippen molar-refractivity contribution >= 4 is 63.5 Å². The molecule has 1 aliphatic heterocycles. The van der Waals surface area contributed by atoms with Crippen LogP contribution >= 0.6 is 35.0 Å². The minimum Gasteiger partial charge on any atom is -0.457 e. The van der Waals surface area contributed by atoms with E-state index in [4.69, 9.17) is 27.6 Å². The quantitative estimate of drug-likeness (QED) is 0.382. The minimum atomic E-state index is -0.207. The number of carbonyl (C=O) groups excluding carboxylic acids is 1. The Morgan fingerprint density at radius 3 is 2.47 bits per heavy atom. The zero-order valence-corrected chi connectivity index (χ0v) is 19.9. The molecule has 1 N–H and O–H groups in total. The van der Waals surface area contributed by atoms with Gasteiger partial charge in [0.25, 0.3) is 5.91 Å². The third-order valence-electron chi connectivity index (χ3n) is 4.96. The number of nitrogens with zero attached hydrogens (tertiary/aromatic N) is 2. The van der Waals surface area contributed by atoms with Gasteiger partial charge in [-0.25, -0.2) is 4.99 Å². The summed E-state index contributed by atoms with van der Waals surface area (Å²) in [5.74, 6) is 0.996. The molecular weight excluding hydrogens is 465 g/mol. The highest BCUT2D eigenvalue weighted by molar-refractivity contribution is 8.18. The van der Waals surface area contributed by atoms with Crippen LogP contribution in [0.15, 0.2) is 68.9 Å². The molecule has 1 saturated heterocycles. The number of hydrogen-bond acceptors (Lipinski definition) is 5. The lowest BCUT2D eigenvalue weighted by molar-refractivity contribution is -0.115. The molecule has 164 valence electrons. The lowest BCUT2D eigenvalue weighted by Gasteiger charge is -2.20. The Hall–Kier alpha value is -2.67. The Labute approximate surface area is 201 Å². The average Bonchev–Trinajstić information content (AvgIpc) is 3.39. The molecule has 0 radical (unpaired) electrons. The van der Waals surface area contributed by atoms with Gasteiger partial charge in [-0.05, 0) is 80.2 Å². The maximum Gasteiger partial charge on any atom is 0.264 e. The molecular formula is C24H21Cl2N3O2S. The maximum atomic E-state index is 12.4. The molecule has 1 fully saturated rings. The van der Waals surface area contributed by atoms with Gasteiger partial charge in [-0.2, -0.15) is 0 Å². The molecule has 4 rings (SSSR count). The Morgan fingerprint density at radius 2 is 1.78 bits per heavy atom. The number of furan rings is 1. The van der Waals surface area contributed by atoms with E-state index in [1.54, 1.807) is 24.3 Å². The molecule has 0 spiro atoms. The first-order valence-electron chi connectivity index (χ1n) is 10.2. The minimum absolute atomic E-state index is 0.207. The highest BCUT2D eigenvalue weighted by Crippen LogP contribution is 2.32. The standard InChI is InChI=1S/C24H21Cl2N3O2S/c1-3-29(4-2)17-8-6-16(7-9-17)27-24-28-23(30)22(32-24)14-18-10-12-21(31-18)15-5-11-19(25)20(26)13-15/h5-14H,3-4H2,1-2H3,(H,27,28,30). The second-order valence-corrected chi connectivity index (χ2v) is 8.85. The van der Waals surface area contributed by atoms with Gasteiger partial charge in [0.2, 0.25) is 0 Å². The molecule has 1 amide bonds. The number of rotatable bonds is 6. The zero-order valence-electron chi connectivity index (χ0n) is 17.6. The highest BCUT2D eigenvalue weighted by atomic mass is 35.5. The zero-order chi connectivity index (χ0) is 22.7. The van der Waals surface area contributed by atoms with Crippen LogP contribution in [0.2, 0.25) is 10.0 Å². The summed E-state index contributed by atoms with van der Waals surface area (Å²) in [5, 5.41) is 4.28. The van der Waals surface area contributed by atoms with Crippen molar-refractivity contribution in [3.63, 3.8) is 0 Å². The molecule has 1 aliphatic rings. The van der Waals surface area contributed by atoms with Crippen molar-refractivity contribution < 1.29 is 9.21 Å². The summed E-state index contributed by atoms with van der Waals surface area (Å²) in [7, 11) is 0. The Bertz CT molecular complexity index is 1200. The normalized spacial score (nSPS) is 16.1. The van der Waals surface area contributed by atoms with E-state index in [9.17, 15) is 4.79 Å². The number of aliphatic imine (C=N–C) groups is 1. The first-order chi connectivity index (χ1) is 15.5. The molecule has 2 heterocycles. The van der Waals surface area contributed by atoms with Gasteiger partial charge in [0.15, 0.2) is 5.17 Å². The molecule has 2 aromatic carbocycles. The fraction of sp³-hybridized carbons (Fsp3) is 0.167. The van der Waals surface area contributed by atoms with E-state index in [1.807, 2.05) is 36.4 Å². The van der Waals surface area contributed by atoms with Crippen LogP contribution in [0.4, 0.5) is 11.4 Å². The summed E-state index contributed by atoms with van der Waals surface area (Å²) >= 11 is 13.3. The molecule has 0 bridgehead atoms. The summed E-state index contributed by atoms with van der Waals surface area (Å²) in [5.41, 5.74) is 2.74. The fourth-order valence-electron chi connectivity index (χ4n) is 3.29. The summed E-state index contributed by atoms with van der Waals surface area (Å²) in [4.78, 5) is 19.7. The predicted molar refractivity (Wildman–Crippen MR) is 135 cm³/mol. The second-order valence-electron chi connectivity index (χ2n) is 7.00. The number of anilines is 1. The molecule has 1 aromatic heterocycles. The van der Waals surface area contributed by atoms with Crippen molar-refractivity contribution in [2.24, 2.45) is 4.99 Å². The van der Waals surface area contributed by atoms with Crippen LogP contribution < -0.4 is 10.2 Å². The summed E-state index contributed by atoms with van der Waals surface area (Å²) in [6.07, 6.45) is 1.70. The topological polar surface area (TPSA) is 57.8 Å². The van der Waals surface area contributed by atoms with Gasteiger partial charge in [0.1, 0.15) is 11.5 Å². The third kappa shape index (κ3) is 5.04. The number of nitrogens with one attached hydrogen (secondary N) is 1. The molecule has 0 aliphatic carbocycles.